The number of barbiturate groups is 1. The summed E-state index contributed by atoms with van der Waals surface area (Å²) in [5.41, 5.74) is 0.491. The molecule has 2 aromatic carbocycles. The van der Waals surface area contributed by atoms with E-state index in [2.05, 4.69) is 10.2 Å². The number of nitro groups is 1. The van der Waals surface area contributed by atoms with Gasteiger partial charge >= 0.3 is 6.03 Å². The highest BCUT2D eigenvalue weighted by molar-refractivity contribution is 6.20. The van der Waals surface area contributed by atoms with Gasteiger partial charge in [0, 0.05) is 55.6 Å². The second-order valence-corrected chi connectivity index (χ2v) is 9.60. The molecular formula is C25H27N5O6. The van der Waals surface area contributed by atoms with Crippen molar-refractivity contribution in [1.82, 2.24) is 10.2 Å². The topological polar surface area (TPSA) is 125 Å². The van der Waals surface area contributed by atoms with Crippen LogP contribution in [0, 0.1) is 15.5 Å². The van der Waals surface area contributed by atoms with Gasteiger partial charge in [-0.15, -0.1) is 0 Å². The smallest absolute Gasteiger partial charge is 0.331 e. The van der Waals surface area contributed by atoms with E-state index in [1.54, 1.807) is 27.0 Å². The summed E-state index contributed by atoms with van der Waals surface area (Å²) in [4.78, 5) is 56.4. The lowest BCUT2D eigenvalue weighted by atomic mass is 9.67. The van der Waals surface area contributed by atoms with Gasteiger partial charge in [0.05, 0.1) is 18.1 Å². The number of carbonyl (C=O) groups excluding carboxylic acids is 3. The monoisotopic (exact) mass is 493 g/mol. The van der Waals surface area contributed by atoms with Crippen molar-refractivity contribution in [1.29, 1.82) is 0 Å². The number of hydrogen-bond donors (Lipinski definition) is 1. The molecule has 2 aromatic rings. The lowest BCUT2D eigenvalue weighted by Gasteiger charge is -2.56. The first-order valence-electron chi connectivity index (χ1n) is 11.8. The number of fused-ring (bicyclic) bond motifs is 4. The standard InChI is InChI=1S/C25H27N5O6/c1-15(2)29-23(32)25(22(31)26-24(29)33)13-16-12-18(30(34)35)6-9-20(16)28-11-10-27(14-21(25)28)17-4-7-19(36-3)8-5-17/h4-9,12,15,21H,10-11,13-14H2,1-3H3,(H,26,31,33)/t21-,25-/m1/s1. The van der Waals surface area contributed by atoms with Crippen LogP contribution in [-0.4, -0.2) is 66.5 Å². The van der Waals surface area contributed by atoms with Crippen molar-refractivity contribution in [3.63, 3.8) is 0 Å². The van der Waals surface area contributed by atoms with Crippen molar-refractivity contribution in [2.45, 2.75) is 32.4 Å². The zero-order chi connectivity index (χ0) is 25.8. The summed E-state index contributed by atoms with van der Waals surface area (Å²) in [6, 6.07) is 10.3. The van der Waals surface area contributed by atoms with Crippen LogP contribution >= 0.6 is 0 Å². The van der Waals surface area contributed by atoms with Gasteiger partial charge in [0.25, 0.3) is 5.69 Å². The van der Waals surface area contributed by atoms with E-state index in [4.69, 9.17) is 4.74 Å². The highest BCUT2D eigenvalue weighted by Crippen LogP contribution is 2.47. The van der Waals surface area contributed by atoms with Crippen LogP contribution in [0.25, 0.3) is 0 Å². The zero-order valence-electron chi connectivity index (χ0n) is 20.3. The Kier molecular flexibility index (Phi) is 5.57. The molecule has 3 aliphatic rings. The van der Waals surface area contributed by atoms with Crippen LogP contribution in [0.15, 0.2) is 42.5 Å². The molecule has 2 atom stereocenters. The summed E-state index contributed by atoms with van der Waals surface area (Å²) in [5.74, 6) is -0.525. The van der Waals surface area contributed by atoms with Gasteiger partial charge in [0.2, 0.25) is 11.8 Å². The molecule has 2 saturated heterocycles. The van der Waals surface area contributed by atoms with E-state index in [1.165, 1.54) is 12.1 Å². The molecule has 11 nitrogen and oxygen atoms in total. The molecule has 0 saturated carbocycles. The van der Waals surface area contributed by atoms with Crippen LogP contribution in [-0.2, 0) is 16.0 Å². The highest BCUT2D eigenvalue weighted by Gasteiger charge is 2.63. The summed E-state index contributed by atoms with van der Waals surface area (Å²) in [6.45, 7) is 4.87. The van der Waals surface area contributed by atoms with E-state index in [0.717, 1.165) is 22.0 Å². The number of rotatable bonds is 4. The number of hydrogen-bond acceptors (Lipinski definition) is 8. The lowest BCUT2D eigenvalue weighted by Crippen LogP contribution is -2.75. The Hall–Kier alpha value is -4.15. The third-order valence-electron chi connectivity index (χ3n) is 7.40. The molecule has 36 heavy (non-hydrogen) atoms. The number of methoxy groups -OCH3 is 1. The normalized spacial score (nSPS) is 23.5. The van der Waals surface area contributed by atoms with Gasteiger partial charge in [-0.2, -0.15) is 0 Å². The van der Waals surface area contributed by atoms with Gasteiger partial charge < -0.3 is 14.5 Å². The number of imide groups is 2. The number of ether oxygens (including phenoxy) is 1. The first kappa shape index (κ1) is 23.6. The molecule has 0 aliphatic carbocycles. The van der Waals surface area contributed by atoms with Crippen LogP contribution in [0.3, 0.4) is 0 Å². The Morgan fingerprint density at radius 3 is 2.47 bits per heavy atom. The van der Waals surface area contributed by atoms with E-state index >= 15 is 0 Å². The Bertz CT molecular complexity index is 1260. The molecule has 3 heterocycles. The summed E-state index contributed by atoms with van der Waals surface area (Å²) < 4.78 is 5.26. The second-order valence-electron chi connectivity index (χ2n) is 9.60. The molecule has 1 N–H and O–H groups in total. The van der Waals surface area contributed by atoms with Crippen molar-refractivity contribution in [2.24, 2.45) is 5.41 Å². The predicted octanol–water partition coefficient (Wildman–Crippen LogP) is 2.33. The minimum atomic E-state index is -1.62. The fourth-order valence-electron chi connectivity index (χ4n) is 5.64. The number of amides is 4. The number of anilines is 2. The van der Waals surface area contributed by atoms with Gasteiger partial charge in [-0.05, 0) is 49.7 Å². The Balaban J connectivity index is 1.63. The number of nitro benzene ring substituents is 1. The number of nitrogens with zero attached hydrogens (tertiary/aromatic N) is 4. The third-order valence-corrected chi connectivity index (χ3v) is 7.40. The summed E-state index contributed by atoms with van der Waals surface area (Å²) in [6.07, 6.45) is -0.0389. The average Bonchev–Trinajstić information content (AvgIpc) is 2.86. The van der Waals surface area contributed by atoms with Crippen LogP contribution in [0.5, 0.6) is 5.75 Å². The van der Waals surface area contributed by atoms with Crippen LogP contribution in [0.1, 0.15) is 19.4 Å². The van der Waals surface area contributed by atoms with Gasteiger partial charge in [0.1, 0.15) is 5.75 Å². The molecule has 188 valence electrons. The average molecular weight is 494 g/mol. The molecule has 5 rings (SSSR count). The fourth-order valence-corrected chi connectivity index (χ4v) is 5.64. The highest BCUT2D eigenvalue weighted by atomic mass is 16.6. The van der Waals surface area contributed by atoms with Crippen LogP contribution < -0.4 is 19.9 Å². The molecule has 0 bridgehead atoms. The largest absolute Gasteiger partial charge is 0.497 e. The van der Waals surface area contributed by atoms with Gasteiger partial charge in [-0.3, -0.25) is 29.9 Å². The molecular weight excluding hydrogens is 466 g/mol. The maximum atomic E-state index is 14.0. The summed E-state index contributed by atoms with van der Waals surface area (Å²) in [7, 11) is 1.59. The second kappa shape index (κ2) is 8.51. The number of carbonyl (C=O) groups is 3. The lowest BCUT2D eigenvalue weighted by molar-refractivity contribution is -0.384. The van der Waals surface area contributed by atoms with Crippen LogP contribution in [0.4, 0.5) is 21.9 Å². The Morgan fingerprint density at radius 1 is 1.11 bits per heavy atom. The first-order valence-corrected chi connectivity index (χ1v) is 11.8. The van der Waals surface area contributed by atoms with E-state index in [-0.39, 0.29) is 12.1 Å². The van der Waals surface area contributed by atoms with Gasteiger partial charge in [0.15, 0.2) is 5.41 Å². The molecule has 3 aliphatic heterocycles. The molecule has 0 aromatic heterocycles. The van der Waals surface area contributed by atoms with E-state index in [1.807, 2.05) is 29.2 Å². The number of urea groups is 1. The maximum absolute atomic E-state index is 14.0. The van der Waals surface area contributed by atoms with Crippen molar-refractivity contribution < 1.29 is 24.0 Å². The SMILES string of the molecule is COc1ccc(N2CCN3c4ccc([N+](=O)[O-])cc4C[C@]4(C(=O)NC(=O)N(C(C)C)C4=O)[C@H]3C2)cc1. The fraction of sp³-hybridized carbons (Fsp3) is 0.400. The predicted molar refractivity (Wildman–Crippen MR) is 131 cm³/mol. The van der Waals surface area contributed by atoms with E-state index < -0.39 is 40.3 Å². The molecule has 2 fully saturated rings. The minimum Gasteiger partial charge on any atom is -0.497 e. The third kappa shape index (κ3) is 3.45. The minimum absolute atomic E-state index is 0.0389. The quantitative estimate of drug-likeness (QED) is 0.391. The van der Waals surface area contributed by atoms with Crippen molar-refractivity contribution in [3.8, 4) is 5.75 Å². The van der Waals surface area contributed by atoms with E-state index in [9.17, 15) is 24.5 Å². The van der Waals surface area contributed by atoms with Crippen molar-refractivity contribution in [2.75, 3.05) is 36.5 Å². The molecule has 1 spiro atoms. The summed E-state index contributed by atoms with van der Waals surface area (Å²) >= 11 is 0. The number of benzene rings is 2. The van der Waals surface area contributed by atoms with Gasteiger partial charge in [-0.25, -0.2) is 4.79 Å². The molecule has 0 radical (unpaired) electrons. The first-order chi connectivity index (χ1) is 17.2. The van der Waals surface area contributed by atoms with Crippen molar-refractivity contribution in [3.05, 3.63) is 58.1 Å². The Morgan fingerprint density at radius 2 is 1.83 bits per heavy atom. The Labute approximate surface area is 207 Å². The zero-order valence-corrected chi connectivity index (χ0v) is 20.3. The summed E-state index contributed by atoms with van der Waals surface area (Å²) in [5, 5.41) is 13.9. The maximum Gasteiger partial charge on any atom is 0.331 e. The van der Waals surface area contributed by atoms with Crippen LogP contribution in [0.2, 0.25) is 0 Å². The number of piperazine rings is 1. The molecule has 11 heteroatoms. The van der Waals surface area contributed by atoms with Gasteiger partial charge in [-0.1, -0.05) is 0 Å². The molecule has 4 amide bonds. The van der Waals surface area contributed by atoms with Crippen molar-refractivity contribution >= 4 is 34.9 Å². The number of non-ortho nitro benzene ring substituents is 1. The molecule has 0 unspecified atom stereocenters. The number of nitrogens with one attached hydrogen (secondary N) is 1. The van der Waals surface area contributed by atoms with E-state index in [0.29, 0.717) is 25.2 Å².